The molecule has 7 heteroatoms. The first-order chi connectivity index (χ1) is 11.1. The van der Waals surface area contributed by atoms with E-state index in [1.54, 1.807) is 12.1 Å². The molecule has 0 amide bonds. The second-order valence-corrected chi connectivity index (χ2v) is 5.21. The van der Waals surface area contributed by atoms with E-state index in [-0.39, 0.29) is 25.6 Å². The van der Waals surface area contributed by atoms with E-state index < -0.39 is 17.4 Å². The molecule has 0 N–H and O–H groups in total. The highest BCUT2D eigenvalue weighted by molar-refractivity contribution is 6.67. The molecule has 1 aliphatic rings. The molecule has 0 saturated carbocycles. The van der Waals surface area contributed by atoms with Gasteiger partial charge in [-0.05, 0) is 40.9 Å². The van der Waals surface area contributed by atoms with Crippen molar-refractivity contribution in [3.8, 4) is 11.5 Å². The summed E-state index contributed by atoms with van der Waals surface area (Å²) < 4.78 is 43.4. The molecule has 1 aliphatic heterocycles. The van der Waals surface area contributed by atoms with Gasteiger partial charge in [-0.3, -0.25) is 4.79 Å². The van der Waals surface area contributed by atoms with Crippen LogP contribution in [0.3, 0.4) is 0 Å². The van der Waals surface area contributed by atoms with Gasteiger partial charge in [0, 0.05) is 0 Å². The Hall–Kier alpha value is -2.41. The smallest absolute Gasteiger partial charge is 0.324 e. The zero-order chi connectivity index (χ0) is 16.4. The molecule has 2 aromatic carbocycles. The van der Waals surface area contributed by atoms with Crippen molar-refractivity contribution in [1.29, 1.82) is 0 Å². The average Bonchev–Trinajstić information content (AvgIpc) is 2.90. The van der Waals surface area contributed by atoms with Crippen LogP contribution >= 0.6 is 0 Å². The summed E-state index contributed by atoms with van der Waals surface area (Å²) in [5, 5.41) is 0. The minimum absolute atomic E-state index is 0.00428. The summed E-state index contributed by atoms with van der Waals surface area (Å²) in [6.45, 7) is 2.40. The lowest BCUT2D eigenvalue weighted by Gasteiger charge is -2.11. The van der Waals surface area contributed by atoms with Crippen LogP contribution in [0.5, 0.6) is 11.5 Å². The number of hydrogen-bond donors (Lipinski definition) is 0. The molecule has 0 aliphatic carbocycles. The van der Waals surface area contributed by atoms with Gasteiger partial charge in [0.25, 0.3) is 6.47 Å². The van der Waals surface area contributed by atoms with Crippen LogP contribution in [-0.2, 0) is 27.4 Å². The number of ether oxygens (including phenoxy) is 2. The van der Waals surface area contributed by atoms with Crippen LogP contribution < -0.4 is 10.2 Å². The predicted octanol–water partition coefficient (Wildman–Crippen LogP) is 2.79. The third-order valence-corrected chi connectivity index (χ3v) is 3.64. The monoisotopic (exact) mass is 318 g/mol. The highest BCUT2D eigenvalue weighted by Gasteiger charge is 2.24. The summed E-state index contributed by atoms with van der Waals surface area (Å²) in [7, 11) is 0. The van der Waals surface area contributed by atoms with E-state index in [2.05, 4.69) is 4.74 Å². The molecule has 0 spiro atoms. The van der Waals surface area contributed by atoms with Crippen LogP contribution in [0.1, 0.15) is 11.1 Å². The van der Waals surface area contributed by atoms with Gasteiger partial charge in [-0.25, -0.2) is 8.78 Å². The number of carbonyl (C=O) groups excluding carboxylic acids is 1. The quantitative estimate of drug-likeness (QED) is 0.628. The lowest BCUT2D eigenvalue weighted by atomic mass is 9.64. The molecule has 0 bridgehead atoms. The van der Waals surface area contributed by atoms with Crippen LogP contribution in [0.15, 0.2) is 30.3 Å². The van der Waals surface area contributed by atoms with E-state index in [9.17, 15) is 13.6 Å². The van der Waals surface area contributed by atoms with Crippen molar-refractivity contribution < 1.29 is 27.7 Å². The van der Waals surface area contributed by atoms with Crippen molar-refractivity contribution in [2.24, 2.45) is 0 Å². The molecule has 4 nitrogen and oxygen atoms in total. The average molecular weight is 318 g/mol. The minimum atomic E-state index is -0.861. The summed E-state index contributed by atoms with van der Waals surface area (Å²) in [5.74, 6) is -1.89. The molecule has 1 heterocycles. The fourth-order valence-corrected chi connectivity index (χ4v) is 2.51. The molecule has 0 fully saturated rings. The number of rotatable bonds is 5. The second kappa shape index (κ2) is 6.38. The Morgan fingerprint density at radius 3 is 2.70 bits per heavy atom. The molecule has 0 radical (unpaired) electrons. The van der Waals surface area contributed by atoms with Crippen LogP contribution in [0.25, 0.3) is 0 Å². The van der Waals surface area contributed by atoms with Gasteiger partial charge in [-0.15, -0.1) is 0 Å². The van der Waals surface area contributed by atoms with Gasteiger partial charge in [-0.2, -0.15) is 0 Å². The third-order valence-electron chi connectivity index (χ3n) is 3.64. The Bertz CT molecular complexity index is 728. The highest BCUT2D eigenvalue weighted by atomic mass is 19.1. The first-order valence-electron chi connectivity index (χ1n) is 7.04. The molecular formula is C16H13BF2O4. The normalized spacial score (nSPS) is 12.9. The number of hydrogen-bond acceptors (Lipinski definition) is 4. The second-order valence-electron chi connectivity index (χ2n) is 5.21. The van der Waals surface area contributed by atoms with Crippen molar-refractivity contribution in [2.45, 2.75) is 20.0 Å². The highest BCUT2D eigenvalue weighted by Crippen LogP contribution is 2.30. The molecular weight excluding hydrogens is 305 g/mol. The SMILES string of the molecule is CB1OCc2cc(Oc3c(F)cc(COC=O)cc3F)ccc21. The van der Waals surface area contributed by atoms with E-state index in [0.717, 1.165) is 23.2 Å². The van der Waals surface area contributed by atoms with Crippen LogP contribution in [0.2, 0.25) is 6.82 Å². The lowest BCUT2D eigenvalue weighted by molar-refractivity contribution is -0.129. The zero-order valence-corrected chi connectivity index (χ0v) is 12.3. The van der Waals surface area contributed by atoms with Gasteiger partial charge >= 0.3 is 6.92 Å². The van der Waals surface area contributed by atoms with Crippen molar-refractivity contribution >= 4 is 18.9 Å². The molecule has 0 aromatic heterocycles. The lowest BCUT2D eigenvalue weighted by Crippen LogP contribution is -2.23. The first-order valence-corrected chi connectivity index (χ1v) is 7.04. The maximum absolute atomic E-state index is 14.0. The Balaban J connectivity index is 1.84. The van der Waals surface area contributed by atoms with E-state index in [1.807, 2.05) is 12.9 Å². The molecule has 2 aromatic rings. The Labute approximate surface area is 132 Å². The van der Waals surface area contributed by atoms with Crippen LogP contribution in [0, 0.1) is 11.6 Å². The summed E-state index contributed by atoms with van der Waals surface area (Å²) in [5.41, 5.74) is 2.18. The Kier molecular flexibility index (Phi) is 4.29. The summed E-state index contributed by atoms with van der Waals surface area (Å²) in [6, 6.07) is 7.32. The number of halogens is 2. The standard InChI is InChI=1S/C16H13BF2O4/c1-17-13-3-2-12(6-11(13)8-22-17)23-16-14(18)4-10(5-15(16)19)7-21-9-20/h2-6,9H,7-8H2,1H3. The Morgan fingerprint density at radius 1 is 1.26 bits per heavy atom. The molecule has 0 unspecified atom stereocenters. The van der Waals surface area contributed by atoms with Crippen molar-refractivity contribution in [3.05, 3.63) is 53.1 Å². The predicted molar refractivity (Wildman–Crippen MR) is 79.8 cm³/mol. The molecule has 3 rings (SSSR count). The fourth-order valence-electron chi connectivity index (χ4n) is 2.51. The molecule has 0 saturated heterocycles. The fraction of sp³-hybridized carbons (Fsp3) is 0.188. The number of benzene rings is 2. The molecule has 23 heavy (non-hydrogen) atoms. The molecule has 118 valence electrons. The van der Waals surface area contributed by atoms with Crippen molar-refractivity contribution in [2.75, 3.05) is 0 Å². The van der Waals surface area contributed by atoms with Crippen LogP contribution in [0.4, 0.5) is 8.78 Å². The largest absolute Gasteiger partial charge is 0.463 e. The van der Waals surface area contributed by atoms with Gasteiger partial charge < -0.3 is 14.1 Å². The molecule has 0 atom stereocenters. The van der Waals surface area contributed by atoms with E-state index in [1.165, 1.54) is 0 Å². The maximum Gasteiger partial charge on any atom is 0.324 e. The summed E-state index contributed by atoms with van der Waals surface area (Å²) in [6.07, 6.45) is 0. The minimum Gasteiger partial charge on any atom is -0.463 e. The van der Waals surface area contributed by atoms with Gasteiger partial charge in [-0.1, -0.05) is 12.9 Å². The van der Waals surface area contributed by atoms with Crippen molar-refractivity contribution in [1.82, 2.24) is 0 Å². The van der Waals surface area contributed by atoms with Gasteiger partial charge in [0.2, 0.25) is 0 Å². The number of fused-ring (bicyclic) bond motifs is 1. The van der Waals surface area contributed by atoms with Gasteiger partial charge in [0.15, 0.2) is 17.4 Å². The Morgan fingerprint density at radius 2 is 2.00 bits per heavy atom. The van der Waals surface area contributed by atoms with E-state index in [4.69, 9.17) is 9.39 Å². The summed E-state index contributed by atoms with van der Waals surface area (Å²) in [4.78, 5) is 10.1. The van der Waals surface area contributed by atoms with Crippen molar-refractivity contribution in [3.63, 3.8) is 0 Å². The zero-order valence-electron chi connectivity index (χ0n) is 12.3. The van der Waals surface area contributed by atoms with Gasteiger partial charge in [0.1, 0.15) is 12.4 Å². The van der Waals surface area contributed by atoms with E-state index >= 15 is 0 Å². The maximum atomic E-state index is 14.0. The van der Waals surface area contributed by atoms with E-state index in [0.29, 0.717) is 12.4 Å². The van der Waals surface area contributed by atoms with Crippen LogP contribution in [-0.4, -0.2) is 13.4 Å². The summed E-state index contributed by atoms with van der Waals surface area (Å²) >= 11 is 0. The third kappa shape index (κ3) is 3.19. The van der Waals surface area contributed by atoms with Gasteiger partial charge in [0.05, 0.1) is 6.61 Å². The topological polar surface area (TPSA) is 44.8 Å². The number of carbonyl (C=O) groups is 1. The first kappa shape index (κ1) is 15.5.